The largest absolute Gasteiger partial charge is 0.437 e. The lowest BCUT2D eigenvalue weighted by Crippen LogP contribution is -2.26. The maximum atomic E-state index is 6.12. The van der Waals surface area contributed by atoms with E-state index in [0.29, 0.717) is 22.7 Å². The molecule has 0 saturated heterocycles. The van der Waals surface area contributed by atoms with E-state index in [1.54, 1.807) is 6.07 Å². The SMILES string of the molecule is Cc1ccc(Cl)c(Oc2cc(N(C)C(C)C)ncn2)c1. The Labute approximate surface area is 124 Å². The summed E-state index contributed by atoms with van der Waals surface area (Å²) in [5.74, 6) is 1.90. The third-order valence-corrected chi connectivity index (χ3v) is 3.38. The molecule has 0 spiro atoms. The quantitative estimate of drug-likeness (QED) is 0.851. The average Bonchev–Trinajstić information content (AvgIpc) is 2.42. The average molecular weight is 292 g/mol. The highest BCUT2D eigenvalue weighted by atomic mass is 35.5. The molecule has 0 N–H and O–H groups in total. The van der Waals surface area contributed by atoms with Crippen LogP contribution in [-0.2, 0) is 0 Å². The molecule has 5 heteroatoms. The molecule has 106 valence electrons. The number of rotatable bonds is 4. The molecule has 1 heterocycles. The molecule has 2 rings (SSSR count). The van der Waals surface area contributed by atoms with Crippen molar-refractivity contribution in [1.82, 2.24) is 9.97 Å². The fraction of sp³-hybridized carbons (Fsp3) is 0.333. The number of halogens is 1. The van der Waals surface area contributed by atoms with Gasteiger partial charge in [-0.2, -0.15) is 0 Å². The normalized spacial score (nSPS) is 10.7. The minimum absolute atomic E-state index is 0.348. The summed E-state index contributed by atoms with van der Waals surface area (Å²) in [5.41, 5.74) is 1.08. The van der Waals surface area contributed by atoms with Gasteiger partial charge in [-0.15, -0.1) is 0 Å². The maximum Gasteiger partial charge on any atom is 0.224 e. The molecule has 0 bridgehead atoms. The first-order valence-electron chi connectivity index (χ1n) is 6.46. The number of anilines is 1. The zero-order chi connectivity index (χ0) is 14.7. The lowest BCUT2D eigenvalue weighted by atomic mass is 10.2. The smallest absolute Gasteiger partial charge is 0.224 e. The number of ether oxygens (including phenoxy) is 1. The maximum absolute atomic E-state index is 6.12. The molecule has 0 saturated carbocycles. The van der Waals surface area contributed by atoms with E-state index in [4.69, 9.17) is 16.3 Å². The minimum Gasteiger partial charge on any atom is -0.437 e. The summed E-state index contributed by atoms with van der Waals surface area (Å²) >= 11 is 6.12. The van der Waals surface area contributed by atoms with E-state index in [9.17, 15) is 0 Å². The Kier molecular flexibility index (Phi) is 4.45. The second-order valence-corrected chi connectivity index (χ2v) is 5.36. The summed E-state index contributed by atoms with van der Waals surface area (Å²) in [4.78, 5) is 10.4. The van der Waals surface area contributed by atoms with Gasteiger partial charge in [0, 0.05) is 19.2 Å². The molecule has 0 aliphatic heterocycles. The topological polar surface area (TPSA) is 38.2 Å². The van der Waals surface area contributed by atoms with Crippen molar-refractivity contribution in [1.29, 1.82) is 0 Å². The number of hydrogen-bond acceptors (Lipinski definition) is 4. The number of nitrogens with zero attached hydrogens (tertiary/aromatic N) is 3. The molecule has 0 aliphatic rings. The molecule has 1 aromatic heterocycles. The monoisotopic (exact) mass is 291 g/mol. The number of hydrogen-bond donors (Lipinski definition) is 0. The van der Waals surface area contributed by atoms with Crippen LogP contribution in [0.15, 0.2) is 30.6 Å². The van der Waals surface area contributed by atoms with Crippen LogP contribution in [0, 0.1) is 6.92 Å². The van der Waals surface area contributed by atoms with Gasteiger partial charge in [-0.3, -0.25) is 0 Å². The van der Waals surface area contributed by atoms with Crippen LogP contribution < -0.4 is 9.64 Å². The van der Waals surface area contributed by atoms with Crippen LogP contribution in [0.5, 0.6) is 11.6 Å². The van der Waals surface area contributed by atoms with E-state index in [1.165, 1.54) is 6.33 Å². The van der Waals surface area contributed by atoms with Gasteiger partial charge >= 0.3 is 0 Å². The fourth-order valence-corrected chi connectivity index (χ4v) is 1.80. The van der Waals surface area contributed by atoms with Gasteiger partial charge in [0.25, 0.3) is 0 Å². The molecule has 0 aliphatic carbocycles. The predicted molar refractivity (Wildman–Crippen MR) is 81.8 cm³/mol. The van der Waals surface area contributed by atoms with Crippen LogP contribution in [0.25, 0.3) is 0 Å². The fourth-order valence-electron chi connectivity index (χ4n) is 1.64. The summed E-state index contributed by atoms with van der Waals surface area (Å²) < 4.78 is 5.75. The van der Waals surface area contributed by atoms with Crippen molar-refractivity contribution in [2.24, 2.45) is 0 Å². The Hall–Kier alpha value is -1.81. The zero-order valence-corrected chi connectivity index (χ0v) is 12.8. The highest BCUT2D eigenvalue weighted by Crippen LogP contribution is 2.30. The summed E-state index contributed by atoms with van der Waals surface area (Å²) in [5, 5.41) is 0.563. The van der Waals surface area contributed by atoms with E-state index >= 15 is 0 Å². The molecule has 0 atom stereocenters. The van der Waals surface area contributed by atoms with E-state index in [0.717, 1.165) is 11.4 Å². The molecular formula is C15H18ClN3O. The first-order valence-corrected chi connectivity index (χ1v) is 6.84. The van der Waals surface area contributed by atoms with Gasteiger partial charge in [-0.1, -0.05) is 17.7 Å². The van der Waals surface area contributed by atoms with E-state index in [-0.39, 0.29) is 0 Å². The van der Waals surface area contributed by atoms with E-state index in [1.807, 2.05) is 37.1 Å². The Bertz CT molecular complexity index is 601. The Morgan fingerprint density at radius 1 is 1.20 bits per heavy atom. The summed E-state index contributed by atoms with van der Waals surface area (Å²) in [6.45, 7) is 6.18. The highest BCUT2D eigenvalue weighted by Gasteiger charge is 2.10. The Balaban J connectivity index is 2.26. The van der Waals surface area contributed by atoms with Crippen molar-refractivity contribution in [3.05, 3.63) is 41.2 Å². The molecule has 0 fully saturated rings. The highest BCUT2D eigenvalue weighted by molar-refractivity contribution is 6.32. The third-order valence-electron chi connectivity index (χ3n) is 3.06. The summed E-state index contributed by atoms with van der Waals surface area (Å²) in [6, 6.07) is 7.79. The minimum atomic E-state index is 0.348. The molecule has 0 unspecified atom stereocenters. The lowest BCUT2D eigenvalue weighted by molar-refractivity contribution is 0.461. The second kappa shape index (κ2) is 6.09. The van der Waals surface area contributed by atoms with Crippen LogP contribution in [0.2, 0.25) is 5.02 Å². The van der Waals surface area contributed by atoms with Crippen LogP contribution in [0.1, 0.15) is 19.4 Å². The van der Waals surface area contributed by atoms with E-state index in [2.05, 4.69) is 23.8 Å². The predicted octanol–water partition coefficient (Wildman–Crippen LogP) is 4.08. The van der Waals surface area contributed by atoms with Crippen LogP contribution >= 0.6 is 11.6 Å². The molecular weight excluding hydrogens is 274 g/mol. The lowest BCUT2D eigenvalue weighted by Gasteiger charge is -2.22. The van der Waals surface area contributed by atoms with Gasteiger partial charge in [-0.25, -0.2) is 9.97 Å². The van der Waals surface area contributed by atoms with Gasteiger partial charge in [0.15, 0.2) is 0 Å². The number of benzene rings is 1. The molecule has 1 aromatic carbocycles. The van der Waals surface area contributed by atoms with Crippen molar-refractivity contribution in [2.75, 3.05) is 11.9 Å². The second-order valence-electron chi connectivity index (χ2n) is 4.96. The number of aryl methyl sites for hydroxylation is 1. The van der Waals surface area contributed by atoms with Gasteiger partial charge in [-0.05, 0) is 38.5 Å². The summed E-state index contributed by atoms with van der Waals surface area (Å²) in [7, 11) is 1.98. The molecule has 0 amide bonds. The zero-order valence-electron chi connectivity index (χ0n) is 12.1. The molecule has 2 aromatic rings. The van der Waals surface area contributed by atoms with Gasteiger partial charge in [0.2, 0.25) is 5.88 Å². The Morgan fingerprint density at radius 2 is 1.95 bits per heavy atom. The van der Waals surface area contributed by atoms with Crippen molar-refractivity contribution < 1.29 is 4.74 Å². The molecule has 0 radical (unpaired) electrons. The van der Waals surface area contributed by atoms with Gasteiger partial charge in [0.05, 0.1) is 5.02 Å². The van der Waals surface area contributed by atoms with Gasteiger partial charge < -0.3 is 9.64 Å². The van der Waals surface area contributed by atoms with E-state index < -0.39 is 0 Å². The molecule has 20 heavy (non-hydrogen) atoms. The van der Waals surface area contributed by atoms with Crippen molar-refractivity contribution >= 4 is 17.4 Å². The van der Waals surface area contributed by atoms with Crippen molar-refractivity contribution in [3.8, 4) is 11.6 Å². The third kappa shape index (κ3) is 3.39. The first-order chi connectivity index (χ1) is 9.47. The van der Waals surface area contributed by atoms with Crippen LogP contribution in [0.4, 0.5) is 5.82 Å². The van der Waals surface area contributed by atoms with Crippen LogP contribution in [0.3, 0.4) is 0 Å². The van der Waals surface area contributed by atoms with Crippen LogP contribution in [-0.4, -0.2) is 23.1 Å². The first kappa shape index (κ1) is 14.6. The Morgan fingerprint density at radius 3 is 2.65 bits per heavy atom. The van der Waals surface area contributed by atoms with Gasteiger partial charge in [0.1, 0.15) is 17.9 Å². The van der Waals surface area contributed by atoms with Crippen molar-refractivity contribution in [3.63, 3.8) is 0 Å². The number of aromatic nitrogens is 2. The molecule has 4 nitrogen and oxygen atoms in total. The van der Waals surface area contributed by atoms with Crippen molar-refractivity contribution in [2.45, 2.75) is 26.8 Å². The standard InChI is InChI=1S/C15H18ClN3O/c1-10(2)19(4)14-8-15(18-9-17-14)20-13-7-11(3)5-6-12(13)16/h5-10H,1-4H3. The summed E-state index contributed by atoms with van der Waals surface area (Å²) in [6.07, 6.45) is 1.49.